The highest BCUT2D eigenvalue weighted by Gasteiger charge is 2.34. The van der Waals surface area contributed by atoms with Crippen molar-refractivity contribution in [3.63, 3.8) is 0 Å². The number of aromatic nitrogens is 4. The molecular weight excluding hydrogens is 468 g/mol. The average Bonchev–Trinajstić information content (AvgIpc) is 3.66. The minimum atomic E-state index is -0.278. The summed E-state index contributed by atoms with van der Waals surface area (Å²) in [5, 5.41) is 3.88. The van der Waals surface area contributed by atoms with Crippen LogP contribution in [-0.4, -0.2) is 30.7 Å². The molecule has 1 aliphatic rings. The summed E-state index contributed by atoms with van der Waals surface area (Å²) in [4.78, 5) is 37.6. The first-order valence-electron chi connectivity index (χ1n) is 11.5. The number of hydrogen-bond acceptors (Lipinski definition) is 5. The van der Waals surface area contributed by atoms with E-state index in [0.29, 0.717) is 28.2 Å². The zero-order valence-corrected chi connectivity index (χ0v) is 20.0. The molecule has 0 bridgehead atoms. The fourth-order valence-corrected chi connectivity index (χ4v) is 5.59. The second-order valence-electron chi connectivity index (χ2n) is 8.72. The first kappa shape index (κ1) is 20.7. The Balaban J connectivity index is 1.44. The van der Waals surface area contributed by atoms with Crippen LogP contribution in [0.2, 0.25) is 0 Å². The smallest absolute Gasteiger partial charge is 0.197 e. The molecule has 0 aliphatic heterocycles. The van der Waals surface area contributed by atoms with Gasteiger partial charge in [0.15, 0.2) is 28.7 Å². The fourth-order valence-electron chi connectivity index (χ4n) is 4.84. The lowest BCUT2D eigenvalue weighted by atomic mass is 10.0. The van der Waals surface area contributed by atoms with Crippen molar-refractivity contribution in [3.05, 3.63) is 107 Å². The van der Waals surface area contributed by atoms with Gasteiger partial charge in [0, 0.05) is 23.9 Å². The fraction of sp³-hybridized carbons (Fsp3) is 0.0345. The molecule has 0 saturated heterocycles. The number of fused-ring (bicyclic) bond motifs is 3. The van der Waals surface area contributed by atoms with Crippen LogP contribution >= 0.6 is 11.3 Å². The zero-order valence-electron chi connectivity index (χ0n) is 19.2. The first-order chi connectivity index (χ1) is 17.6. The molecule has 3 heterocycles. The van der Waals surface area contributed by atoms with E-state index in [1.807, 2.05) is 88.3 Å². The van der Waals surface area contributed by atoms with Crippen LogP contribution in [0.1, 0.15) is 26.5 Å². The third-order valence-corrected chi connectivity index (χ3v) is 7.47. The molecule has 0 atom stereocenters. The number of ketones is 2. The van der Waals surface area contributed by atoms with E-state index in [2.05, 4.69) is 0 Å². The quantitative estimate of drug-likeness (QED) is 0.224. The first-order valence-corrected chi connectivity index (χ1v) is 12.4. The molecule has 3 aromatic heterocycles. The monoisotopic (exact) mass is 486 g/mol. The van der Waals surface area contributed by atoms with Crippen molar-refractivity contribution in [3.8, 4) is 16.4 Å². The minimum absolute atomic E-state index is 0.117. The maximum atomic E-state index is 13.4. The standard InChI is InChI=1S/C29H18N4O2S/c1-32-27(23-12-7-13-36-23)31-29-28(32)30-24(33(29)19-10-3-2-4-11-19)16-22-25(34)20-14-17-8-5-6-9-18(17)15-21(20)26(22)35/h2-16H,1H3. The van der Waals surface area contributed by atoms with Gasteiger partial charge in [0.05, 0.1) is 10.5 Å². The molecule has 6 nitrogen and oxygen atoms in total. The van der Waals surface area contributed by atoms with Gasteiger partial charge in [-0.1, -0.05) is 48.5 Å². The Morgan fingerprint density at radius 1 is 0.778 bits per heavy atom. The van der Waals surface area contributed by atoms with Gasteiger partial charge in [0.2, 0.25) is 0 Å². The molecular formula is C29H18N4O2S. The van der Waals surface area contributed by atoms with Crippen LogP contribution < -0.4 is 0 Å². The van der Waals surface area contributed by atoms with Crippen molar-refractivity contribution < 1.29 is 9.59 Å². The normalized spacial score (nSPS) is 13.2. The van der Waals surface area contributed by atoms with Crippen molar-refractivity contribution >= 4 is 51.0 Å². The lowest BCUT2D eigenvalue weighted by molar-refractivity contribution is 0.0990. The highest BCUT2D eigenvalue weighted by Crippen LogP contribution is 2.34. The van der Waals surface area contributed by atoms with Crippen LogP contribution in [-0.2, 0) is 7.05 Å². The minimum Gasteiger partial charge on any atom is -0.310 e. The summed E-state index contributed by atoms with van der Waals surface area (Å²) in [5.74, 6) is 0.749. The van der Waals surface area contributed by atoms with Crippen LogP contribution in [0.25, 0.3) is 44.5 Å². The van der Waals surface area contributed by atoms with Crippen molar-refractivity contribution in [2.45, 2.75) is 0 Å². The molecule has 0 spiro atoms. The highest BCUT2D eigenvalue weighted by molar-refractivity contribution is 7.13. The summed E-state index contributed by atoms with van der Waals surface area (Å²) in [6, 6.07) is 25.1. The summed E-state index contributed by atoms with van der Waals surface area (Å²) in [7, 11) is 1.93. The van der Waals surface area contributed by atoms with Crippen molar-refractivity contribution in [2.24, 2.45) is 7.05 Å². The topological polar surface area (TPSA) is 69.8 Å². The number of carbonyl (C=O) groups is 2. The van der Waals surface area contributed by atoms with Crippen molar-refractivity contribution in [1.29, 1.82) is 0 Å². The Bertz CT molecular complexity index is 1820. The third kappa shape index (κ3) is 2.96. The van der Waals surface area contributed by atoms with E-state index < -0.39 is 0 Å². The Labute approximate surface area is 209 Å². The number of aryl methyl sites for hydroxylation is 1. The number of rotatable bonds is 3. The summed E-state index contributed by atoms with van der Waals surface area (Å²) < 4.78 is 3.85. The van der Waals surface area contributed by atoms with Crippen LogP contribution in [0.4, 0.5) is 0 Å². The molecule has 6 aromatic rings. The van der Waals surface area contributed by atoms with Gasteiger partial charge in [0.25, 0.3) is 0 Å². The van der Waals surface area contributed by atoms with Gasteiger partial charge in [-0.05, 0) is 52.6 Å². The molecule has 36 heavy (non-hydrogen) atoms. The van der Waals surface area contributed by atoms with Gasteiger partial charge >= 0.3 is 0 Å². The second-order valence-corrected chi connectivity index (χ2v) is 9.67. The molecule has 0 amide bonds. The number of Topliss-reactive ketones (excluding diaryl/α,β-unsaturated/α-hetero) is 2. The molecule has 1 aliphatic carbocycles. The van der Waals surface area contributed by atoms with Gasteiger partial charge in [-0.2, -0.15) is 0 Å². The number of imidazole rings is 2. The number of carbonyl (C=O) groups excluding carboxylic acids is 2. The number of hydrogen-bond donors (Lipinski definition) is 0. The van der Waals surface area contributed by atoms with E-state index in [0.717, 1.165) is 27.2 Å². The van der Waals surface area contributed by atoms with Gasteiger partial charge in [-0.25, -0.2) is 9.97 Å². The van der Waals surface area contributed by atoms with Gasteiger partial charge in [0.1, 0.15) is 5.82 Å². The average molecular weight is 487 g/mol. The molecule has 0 fully saturated rings. The SMILES string of the molecule is Cn1c(-c2cccs2)nc2c1nc(C=C1C(=O)c3cc4ccccc4cc3C1=O)n2-c1ccccc1. The van der Waals surface area contributed by atoms with E-state index in [-0.39, 0.29) is 17.1 Å². The van der Waals surface area contributed by atoms with E-state index in [1.54, 1.807) is 29.5 Å². The summed E-state index contributed by atoms with van der Waals surface area (Å²) in [5.41, 5.74) is 3.18. The van der Waals surface area contributed by atoms with Crippen LogP contribution in [0.5, 0.6) is 0 Å². The van der Waals surface area contributed by atoms with E-state index in [1.165, 1.54) is 0 Å². The molecule has 0 saturated carbocycles. The maximum Gasteiger partial charge on any atom is 0.197 e. The van der Waals surface area contributed by atoms with Crippen LogP contribution in [0, 0.1) is 0 Å². The molecule has 0 N–H and O–H groups in total. The number of allylic oxidation sites excluding steroid dienone is 1. The van der Waals surface area contributed by atoms with Gasteiger partial charge in [-0.3, -0.25) is 14.2 Å². The Morgan fingerprint density at radius 2 is 1.44 bits per heavy atom. The molecule has 7 heteroatoms. The number of thiophene rings is 1. The number of nitrogens with zero attached hydrogens (tertiary/aromatic N) is 4. The molecule has 3 aromatic carbocycles. The van der Waals surface area contributed by atoms with Crippen LogP contribution in [0.15, 0.2) is 89.8 Å². The number of para-hydroxylation sites is 1. The number of benzene rings is 3. The molecule has 0 radical (unpaired) electrons. The Hall–Kier alpha value is -4.62. The summed E-state index contributed by atoms with van der Waals surface area (Å²) in [6.07, 6.45) is 1.61. The van der Waals surface area contributed by atoms with Gasteiger partial charge < -0.3 is 4.57 Å². The predicted molar refractivity (Wildman–Crippen MR) is 142 cm³/mol. The maximum absolute atomic E-state index is 13.4. The lowest BCUT2D eigenvalue weighted by Crippen LogP contribution is -2.04. The van der Waals surface area contributed by atoms with Crippen LogP contribution in [0.3, 0.4) is 0 Å². The van der Waals surface area contributed by atoms with Crippen molar-refractivity contribution in [2.75, 3.05) is 0 Å². The molecule has 172 valence electrons. The summed E-state index contributed by atoms with van der Waals surface area (Å²) >= 11 is 1.61. The van der Waals surface area contributed by atoms with E-state index in [9.17, 15) is 9.59 Å². The van der Waals surface area contributed by atoms with Crippen molar-refractivity contribution in [1.82, 2.24) is 19.1 Å². The Morgan fingerprint density at radius 3 is 2.08 bits per heavy atom. The van der Waals surface area contributed by atoms with E-state index in [4.69, 9.17) is 9.97 Å². The largest absolute Gasteiger partial charge is 0.310 e. The third-order valence-electron chi connectivity index (χ3n) is 6.60. The van der Waals surface area contributed by atoms with Gasteiger partial charge in [-0.15, -0.1) is 11.3 Å². The predicted octanol–water partition coefficient (Wildman–Crippen LogP) is 6.10. The highest BCUT2D eigenvalue weighted by atomic mass is 32.1. The Kier molecular flexibility index (Phi) is 4.43. The van der Waals surface area contributed by atoms with E-state index >= 15 is 0 Å². The zero-order chi connectivity index (χ0) is 24.4. The lowest BCUT2D eigenvalue weighted by Gasteiger charge is -2.06. The molecule has 0 unspecified atom stereocenters. The molecule has 7 rings (SSSR count). The second kappa shape index (κ2) is 7.69. The summed E-state index contributed by atoms with van der Waals surface area (Å²) in [6.45, 7) is 0.